The van der Waals surface area contributed by atoms with Gasteiger partial charge in [-0.2, -0.15) is 0 Å². The molecule has 0 saturated carbocycles. The van der Waals surface area contributed by atoms with Gasteiger partial charge in [-0.3, -0.25) is 10.1 Å². The molecule has 9 heteroatoms. The molecule has 1 aromatic heterocycles. The summed E-state index contributed by atoms with van der Waals surface area (Å²) >= 11 is 1.58. The number of nitro benzene ring substituents is 1. The Morgan fingerprint density at radius 1 is 1.20 bits per heavy atom. The minimum Gasteiger partial charge on any atom is -0.381 e. The van der Waals surface area contributed by atoms with Gasteiger partial charge in [0, 0.05) is 36.1 Å². The number of hydrogen-bond donors (Lipinski definition) is 1. The highest BCUT2D eigenvalue weighted by Crippen LogP contribution is 2.37. The van der Waals surface area contributed by atoms with Crippen LogP contribution in [0.2, 0.25) is 0 Å². The predicted octanol–water partition coefficient (Wildman–Crippen LogP) is 2.68. The van der Waals surface area contributed by atoms with E-state index in [9.17, 15) is 18.5 Å². The molecule has 1 N–H and O–H groups in total. The van der Waals surface area contributed by atoms with Crippen molar-refractivity contribution in [2.45, 2.75) is 23.2 Å². The SMILES string of the molecule is O=[N+]([O-])c1ccccc1S(=O)(=O)NCC1(c2cccs2)CCOCC1. The number of nitrogens with one attached hydrogen (secondary N) is 1. The van der Waals surface area contributed by atoms with Crippen molar-refractivity contribution in [3.05, 3.63) is 56.8 Å². The van der Waals surface area contributed by atoms with Crippen molar-refractivity contribution in [3.63, 3.8) is 0 Å². The number of hydrogen-bond acceptors (Lipinski definition) is 6. The monoisotopic (exact) mass is 382 g/mol. The molecule has 25 heavy (non-hydrogen) atoms. The first kappa shape index (κ1) is 18.0. The first-order valence-corrected chi connectivity index (χ1v) is 10.2. The second-order valence-corrected chi connectivity index (χ2v) is 8.60. The molecule has 1 saturated heterocycles. The number of para-hydroxylation sites is 1. The van der Waals surface area contributed by atoms with Crippen LogP contribution >= 0.6 is 11.3 Å². The van der Waals surface area contributed by atoms with Gasteiger partial charge in [-0.05, 0) is 30.4 Å². The van der Waals surface area contributed by atoms with Crippen molar-refractivity contribution in [3.8, 4) is 0 Å². The van der Waals surface area contributed by atoms with E-state index < -0.39 is 20.6 Å². The molecule has 0 aliphatic carbocycles. The van der Waals surface area contributed by atoms with Crippen molar-refractivity contribution in [2.75, 3.05) is 19.8 Å². The highest BCUT2D eigenvalue weighted by atomic mass is 32.2. The molecular weight excluding hydrogens is 364 g/mol. The molecule has 2 aromatic rings. The Labute approximate surface area is 149 Å². The summed E-state index contributed by atoms with van der Waals surface area (Å²) in [6, 6.07) is 9.30. The third-order valence-electron chi connectivity index (χ3n) is 4.45. The lowest BCUT2D eigenvalue weighted by Crippen LogP contribution is -2.44. The Balaban J connectivity index is 1.87. The standard InChI is InChI=1S/C16H18N2O5S2/c19-18(20)13-4-1-2-5-14(13)25(21,22)17-12-16(7-9-23-10-8-16)15-6-3-11-24-15/h1-6,11,17H,7-10,12H2. The molecule has 0 amide bonds. The Morgan fingerprint density at radius 2 is 1.92 bits per heavy atom. The van der Waals surface area contributed by atoms with Gasteiger partial charge in [0.05, 0.1) is 4.92 Å². The minimum atomic E-state index is -3.99. The maximum atomic E-state index is 12.7. The molecule has 0 atom stereocenters. The lowest BCUT2D eigenvalue weighted by Gasteiger charge is -2.36. The number of nitro groups is 1. The van der Waals surface area contributed by atoms with Crippen LogP contribution in [0.4, 0.5) is 5.69 Å². The van der Waals surface area contributed by atoms with Crippen LogP contribution in [0, 0.1) is 10.1 Å². The highest BCUT2D eigenvalue weighted by molar-refractivity contribution is 7.89. The van der Waals surface area contributed by atoms with E-state index in [-0.39, 0.29) is 16.9 Å². The third-order valence-corrected chi connectivity index (χ3v) is 7.01. The molecule has 0 unspecified atom stereocenters. The van der Waals surface area contributed by atoms with Crippen molar-refractivity contribution in [1.29, 1.82) is 0 Å². The number of nitrogens with zero attached hydrogens (tertiary/aromatic N) is 1. The van der Waals surface area contributed by atoms with Crippen LogP contribution in [0.25, 0.3) is 0 Å². The van der Waals surface area contributed by atoms with Crippen LogP contribution in [-0.4, -0.2) is 33.1 Å². The third kappa shape index (κ3) is 3.74. The van der Waals surface area contributed by atoms with Crippen LogP contribution in [-0.2, 0) is 20.2 Å². The zero-order chi connectivity index (χ0) is 17.9. The van der Waals surface area contributed by atoms with Gasteiger partial charge >= 0.3 is 0 Å². The Kier molecular flexibility index (Phi) is 5.19. The molecule has 1 aliphatic heterocycles. The van der Waals surface area contributed by atoms with Gasteiger partial charge in [0.15, 0.2) is 4.90 Å². The number of benzene rings is 1. The van der Waals surface area contributed by atoms with E-state index in [0.29, 0.717) is 26.1 Å². The van der Waals surface area contributed by atoms with Crippen LogP contribution in [0.15, 0.2) is 46.7 Å². The van der Waals surface area contributed by atoms with Gasteiger partial charge in [-0.15, -0.1) is 11.3 Å². The molecule has 3 rings (SSSR count). The lowest BCUT2D eigenvalue weighted by atomic mass is 9.79. The van der Waals surface area contributed by atoms with Crippen LogP contribution < -0.4 is 4.72 Å². The quantitative estimate of drug-likeness (QED) is 0.612. The van der Waals surface area contributed by atoms with Crippen LogP contribution in [0.1, 0.15) is 17.7 Å². The topological polar surface area (TPSA) is 98.5 Å². The van der Waals surface area contributed by atoms with Crippen molar-refractivity contribution >= 4 is 27.0 Å². The maximum Gasteiger partial charge on any atom is 0.289 e. The summed E-state index contributed by atoms with van der Waals surface area (Å²) < 4.78 is 33.4. The predicted molar refractivity (Wildman–Crippen MR) is 94.3 cm³/mol. The van der Waals surface area contributed by atoms with Gasteiger partial charge in [0.2, 0.25) is 10.0 Å². The molecule has 1 aromatic carbocycles. The number of ether oxygens (including phenoxy) is 1. The second kappa shape index (κ2) is 7.20. The molecule has 1 fully saturated rings. The fourth-order valence-electron chi connectivity index (χ4n) is 3.00. The number of rotatable bonds is 6. The molecule has 1 aliphatic rings. The molecule has 2 heterocycles. The fraction of sp³-hybridized carbons (Fsp3) is 0.375. The van der Waals surface area contributed by atoms with E-state index in [1.807, 2.05) is 17.5 Å². The maximum absolute atomic E-state index is 12.7. The molecular formula is C16H18N2O5S2. The Morgan fingerprint density at radius 3 is 2.56 bits per heavy atom. The number of sulfonamides is 1. The van der Waals surface area contributed by atoms with E-state index in [1.165, 1.54) is 24.3 Å². The van der Waals surface area contributed by atoms with Crippen molar-refractivity contribution in [2.24, 2.45) is 0 Å². The number of thiophene rings is 1. The van der Waals surface area contributed by atoms with Crippen LogP contribution in [0.3, 0.4) is 0 Å². The largest absolute Gasteiger partial charge is 0.381 e. The Bertz CT molecular complexity index is 843. The first-order valence-electron chi connectivity index (χ1n) is 7.79. The summed E-state index contributed by atoms with van der Waals surface area (Å²) in [5.41, 5.74) is -0.768. The first-order chi connectivity index (χ1) is 11.9. The van der Waals surface area contributed by atoms with E-state index in [0.717, 1.165) is 4.88 Å². The van der Waals surface area contributed by atoms with Gasteiger partial charge in [-0.25, -0.2) is 13.1 Å². The summed E-state index contributed by atoms with van der Waals surface area (Å²) in [7, 11) is -3.99. The summed E-state index contributed by atoms with van der Waals surface area (Å²) in [5, 5.41) is 13.1. The highest BCUT2D eigenvalue weighted by Gasteiger charge is 2.37. The van der Waals surface area contributed by atoms with E-state index >= 15 is 0 Å². The normalized spacial score (nSPS) is 17.3. The van der Waals surface area contributed by atoms with E-state index in [4.69, 9.17) is 4.74 Å². The summed E-state index contributed by atoms with van der Waals surface area (Å²) in [6.07, 6.45) is 1.40. The minimum absolute atomic E-state index is 0.186. The molecule has 7 nitrogen and oxygen atoms in total. The zero-order valence-corrected chi connectivity index (χ0v) is 15.0. The van der Waals surface area contributed by atoms with Crippen molar-refractivity contribution < 1.29 is 18.1 Å². The lowest BCUT2D eigenvalue weighted by molar-refractivity contribution is -0.387. The Hall–Kier alpha value is -1.81. The summed E-state index contributed by atoms with van der Waals surface area (Å²) in [4.78, 5) is 11.2. The second-order valence-electron chi connectivity index (χ2n) is 5.92. The molecule has 134 valence electrons. The van der Waals surface area contributed by atoms with E-state index in [2.05, 4.69) is 4.72 Å². The fourth-order valence-corrected chi connectivity index (χ4v) is 5.28. The van der Waals surface area contributed by atoms with Gasteiger partial charge in [-0.1, -0.05) is 18.2 Å². The summed E-state index contributed by atoms with van der Waals surface area (Å²) in [6.45, 7) is 1.31. The smallest absolute Gasteiger partial charge is 0.289 e. The van der Waals surface area contributed by atoms with E-state index in [1.54, 1.807) is 11.3 Å². The van der Waals surface area contributed by atoms with Gasteiger partial charge < -0.3 is 4.74 Å². The van der Waals surface area contributed by atoms with Crippen molar-refractivity contribution in [1.82, 2.24) is 4.72 Å². The van der Waals surface area contributed by atoms with Crippen LogP contribution in [0.5, 0.6) is 0 Å². The van der Waals surface area contributed by atoms with Gasteiger partial charge in [0.1, 0.15) is 0 Å². The molecule has 0 spiro atoms. The molecule has 0 bridgehead atoms. The molecule has 0 radical (unpaired) electrons. The average molecular weight is 382 g/mol. The zero-order valence-electron chi connectivity index (χ0n) is 13.4. The average Bonchev–Trinajstić information content (AvgIpc) is 3.16. The van der Waals surface area contributed by atoms with Gasteiger partial charge in [0.25, 0.3) is 5.69 Å². The summed E-state index contributed by atoms with van der Waals surface area (Å²) in [5.74, 6) is 0.